The van der Waals surface area contributed by atoms with Gasteiger partial charge in [-0.25, -0.2) is 4.79 Å². The van der Waals surface area contributed by atoms with Gasteiger partial charge in [-0.1, -0.05) is 47.9 Å². The van der Waals surface area contributed by atoms with Crippen LogP contribution in [0.4, 0.5) is 0 Å². The molecule has 10 nitrogen and oxygen atoms in total. The van der Waals surface area contributed by atoms with Crippen LogP contribution in [0.3, 0.4) is 0 Å². The molecule has 1 saturated heterocycles. The first kappa shape index (κ1) is 29.8. The van der Waals surface area contributed by atoms with E-state index in [1.165, 1.54) is 6.07 Å². The number of aromatic carboxylic acids is 1. The number of carbonyl (C=O) groups is 2. The minimum atomic E-state index is -1.20. The summed E-state index contributed by atoms with van der Waals surface area (Å²) >= 11 is 6.87. The quantitative estimate of drug-likeness (QED) is 0.219. The van der Waals surface area contributed by atoms with Gasteiger partial charge in [0.25, 0.3) is 5.91 Å². The van der Waals surface area contributed by atoms with Crippen molar-refractivity contribution in [1.82, 2.24) is 10.1 Å². The van der Waals surface area contributed by atoms with E-state index >= 15 is 0 Å². The molecule has 4 aromatic rings. The van der Waals surface area contributed by atoms with Crippen LogP contribution in [0.2, 0.25) is 5.02 Å². The highest BCUT2D eigenvalue weighted by atomic mass is 35.5. The molecule has 1 aliphatic heterocycles. The molecule has 11 heteroatoms. The van der Waals surface area contributed by atoms with Crippen LogP contribution in [0.5, 0.6) is 23.0 Å². The van der Waals surface area contributed by atoms with Crippen molar-refractivity contribution in [3.63, 3.8) is 0 Å². The molecule has 0 aliphatic carbocycles. The highest BCUT2D eigenvalue weighted by molar-refractivity contribution is 6.35. The maximum Gasteiger partial charge on any atom is 0.374 e. The maximum atomic E-state index is 13.7. The first-order chi connectivity index (χ1) is 20.7. The Hall–Kier alpha value is -4.70. The highest BCUT2D eigenvalue weighted by Gasteiger charge is 2.41. The SMILES string of the molecule is COc1ccc(COc2ccc(C(=O)N3CC[C@@](C)(c4cc(C(=O)O)on4)C3)c(Cl)c2OCc2ccc(OC)cc2)cc1. The molecular formula is C32H31ClN2O8. The van der Waals surface area contributed by atoms with Gasteiger partial charge in [-0.2, -0.15) is 0 Å². The topological polar surface area (TPSA) is 121 Å². The van der Waals surface area contributed by atoms with Crippen LogP contribution in [0.25, 0.3) is 0 Å². The van der Waals surface area contributed by atoms with Crippen molar-refractivity contribution < 1.29 is 38.2 Å². The van der Waals surface area contributed by atoms with E-state index in [1.54, 1.807) is 31.3 Å². The van der Waals surface area contributed by atoms with E-state index in [0.29, 0.717) is 31.0 Å². The van der Waals surface area contributed by atoms with Crippen LogP contribution in [0, 0.1) is 0 Å². The Balaban J connectivity index is 1.38. The Morgan fingerprint density at radius 2 is 1.56 bits per heavy atom. The second-order valence-electron chi connectivity index (χ2n) is 10.4. The predicted octanol–water partition coefficient (Wildman–Crippen LogP) is 6.01. The summed E-state index contributed by atoms with van der Waals surface area (Å²) in [7, 11) is 3.21. The lowest BCUT2D eigenvalue weighted by atomic mass is 9.86. The first-order valence-electron chi connectivity index (χ1n) is 13.5. The molecule has 1 fully saturated rings. The molecule has 43 heavy (non-hydrogen) atoms. The first-order valence-corrected chi connectivity index (χ1v) is 13.9. The molecule has 0 spiro atoms. The lowest BCUT2D eigenvalue weighted by molar-refractivity contribution is 0.0651. The maximum absolute atomic E-state index is 13.7. The van der Waals surface area contributed by atoms with Gasteiger partial charge in [0, 0.05) is 24.6 Å². The van der Waals surface area contributed by atoms with E-state index in [2.05, 4.69) is 5.16 Å². The summed E-state index contributed by atoms with van der Waals surface area (Å²) in [6, 6.07) is 19.6. The second kappa shape index (κ2) is 12.7. The number of rotatable bonds is 11. The van der Waals surface area contributed by atoms with Crippen molar-refractivity contribution in [1.29, 1.82) is 0 Å². The number of ether oxygens (including phenoxy) is 4. The summed E-state index contributed by atoms with van der Waals surface area (Å²) < 4.78 is 27.7. The van der Waals surface area contributed by atoms with Crippen LogP contribution in [0.1, 0.15) is 51.1 Å². The van der Waals surface area contributed by atoms with Crippen molar-refractivity contribution >= 4 is 23.5 Å². The minimum Gasteiger partial charge on any atom is -0.497 e. The van der Waals surface area contributed by atoms with E-state index in [-0.39, 0.29) is 41.2 Å². The average molecular weight is 607 g/mol. The summed E-state index contributed by atoms with van der Waals surface area (Å²) in [6.45, 7) is 3.09. The molecule has 1 amide bonds. The van der Waals surface area contributed by atoms with E-state index < -0.39 is 11.4 Å². The standard InChI is InChI=1S/C32H31ClN2O8/c1-32(27-16-26(31(37)38)43-34-27)14-15-35(19-32)30(36)24-12-13-25(41-17-20-4-8-22(39-2)9-5-20)29(28(24)33)42-18-21-6-10-23(40-3)11-7-21/h4-13,16H,14-15,17-19H2,1-3H3,(H,37,38)/t32-/m1/s1. The molecule has 1 aliphatic rings. The number of benzene rings is 3. The number of aromatic nitrogens is 1. The Labute approximate surface area is 253 Å². The normalized spacial score (nSPS) is 16.1. The molecular weight excluding hydrogens is 576 g/mol. The molecule has 2 heterocycles. The highest BCUT2D eigenvalue weighted by Crippen LogP contribution is 2.41. The summed E-state index contributed by atoms with van der Waals surface area (Å²) in [5, 5.41) is 13.3. The summed E-state index contributed by atoms with van der Waals surface area (Å²) in [5.41, 5.74) is 1.96. The Morgan fingerprint density at radius 3 is 2.12 bits per heavy atom. The van der Waals surface area contributed by atoms with Crippen molar-refractivity contribution in [3.8, 4) is 23.0 Å². The molecule has 1 atom stereocenters. The summed E-state index contributed by atoms with van der Waals surface area (Å²) in [5.74, 6) is 0.376. The van der Waals surface area contributed by atoms with Crippen molar-refractivity contribution in [2.75, 3.05) is 27.3 Å². The minimum absolute atomic E-state index is 0.133. The third kappa shape index (κ3) is 6.54. The van der Waals surface area contributed by atoms with Gasteiger partial charge >= 0.3 is 5.97 Å². The van der Waals surface area contributed by atoms with Gasteiger partial charge < -0.3 is 33.5 Å². The summed E-state index contributed by atoms with van der Waals surface area (Å²) in [6.07, 6.45) is 0.575. The molecule has 0 unspecified atom stereocenters. The van der Waals surface area contributed by atoms with Crippen molar-refractivity contribution in [3.05, 3.63) is 99.9 Å². The lowest BCUT2D eigenvalue weighted by Gasteiger charge is -2.23. The molecule has 1 aromatic heterocycles. The monoisotopic (exact) mass is 606 g/mol. The zero-order valence-corrected chi connectivity index (χ0v) is 24.7. The van der Waals surface area contributed by atoms with E-state index in [0.717, 1.165) is 22.6 Å². The van der Waals surface area contributed by atoms with Gasteiger partial charge in [0.1, 0.15) is 24.7 Å². The molecule has 3 aromatic carbocycles. The fourth-order valence-corrected chi connectivity index (χ4v) is 5.18. The number of hydrogen-bond acceptors (Lipinski definition) is 8. The van der Waals surface area contributed by atoms with Gasteiger partial charge in [-0.15, -0.1) is 0 Å². The number of nitrogens with zero attached hydrogens (tertiary/aromatic N) is 2. The van der Waals surface area contributed by atoms with Gasteiger partial charge in [0.05, 0.1) is 30.5 Å². The molecule has 224 valence electrons. The molecule has 5 rings (SSSR count). The Bertz CT molecular complexity index is 1600. The van der Waals surface area contributed by atoms with Crippen LogP contribution >= 0.6 is 11.6 Å². The van der Waals surface area contributed by atoms with E-state index in [4.69, 9.17) is 35.1 Å². The van der Waals surface area contributed by atoms with Crippen LogP contribution < -0.4 is 18.9 Å². The number of hydrogen-bond donors (Lipinski definition) is 1. The number of amides is 1. The third-order valence-electron chi connectivity index (χ3n) is 7.49. The lowest BCUT2D eigenvalue weighted by Crippen LogP contribution is -2.33. The smallest absolute Gasteiger partial charge is 0.374 e. The molecule has 1 N–H and O–H groups in total. The Kier molecular flexibility index (Phi) is 8.77. The van der Waals surface area contributed by atoms with Crippen molar-refractivity contribution in [2.24, 2.45) is 0 Å². The van der Waals surface area contributed by atoms with Crippen LogP contribution in [-0.2, 0) is 18.6 Å². The van der Waals surface area contributed by atoms with Crippen LogP contribution in [0.15, 0.2) is 71.3 Å². The van der Waals surface area contributed by atoms with E-state index in [1.807, 2.05) is 55.5 Å². The number of methoxy groups -OCH3 is 2. The van der Waals surface area contributed by atoms with Gasteiger partial charge in [0.15, 0.2) is 11.5 Å². The Morgan fingerprint density at radius 1 is 0.953 bits per heavy atom. The van der Waals surface area contributed by atoms with Crippen molar-refractivity contribution in [2.45, 2.75) is 32.0 Å². The largest absolute Gasteiger partial charge is 0.497 e. The van der Waals surface area contributed by atoms with Gasteiger partial charge in [0.2, 0.25) is 5.76 Å². The number of halogens is 1. The fourth-order valence-electron chi connectivity index (χ4n) is 4.89. The zero-order chi connectivity index (χ0) is 30.6. The molecule has 0 saturated carbocycles. The zero-order valence-electron chi connectivity index (χ0n) is 24.0. The molecule has 0 bridgehead atoms. The van der Waals surface area contributed by atoms with Gasteiger partial charge in [-0.05, 0) is 53.9 Å². The number of carboxylic acids is 1. The van der Waals surface area contributed by atoms with E-state index in [9.17, 15) is 14.7 Å². The molecule has 0 radical (unpaired) electrons. The fraction of sp³-hybridized carbons (Fsp3) is 0.281. The average Bonchev–Trinajstić information content (AvgIpc) is 3.69. The van der Waals surface area contributed by atoms with Gasteiger partial charge in [-0.3, -0.25) is 4.79 Å². The predicted molar refractivity (Wildman–Crippen MR) is 157 cm³/mol. The number of likely N-dealkylation sites (tertiary alicyclic amines) is 1. The summed E-state index contributed by atoms with van der Waals surface area (Å²) in [4.78, 5) is 26.7. The number of carboxylic acid groups (broad SMARTS) is 1. The second-order valence-corrected chi connectivity index (χ2v) is 10.8. The third-order valence-corrected chi connectivity index (χ3v) is 7.86. The number of carbonyl (C=O) groups excluding carboxylic acids is 1. The van der Waals surface area contributed by atoms with Crippen LogP contribution in [-0.4, -0.2) is 54.3 Å².